The Kier molecular flexibility index (Phi) is 3.18. The SMILES string of the molecule is Cc1c(C(=O)Nc2ccc3c(c2)CCCN3)cnn1C. The lowest BCUT2D eigenvalue weighted by Crippen LogP contribution is -2.15. The molecule has 0 bridgehead atoms. The molecule has 0 fully saturated rings. The van der Waals surface area contributed by atoms with Crippen LogP contribution in [0.1, 0.15) is 28.0 Å². The second-order valence-electron chi connectivity index (χ2n) is 5.12. The number of fused-ring (bicyclic) bond motifs is 1. The van der Waals surface area contributed by atoms with Crippen molar-refractivity contribution in [2.24, 2.45) is 7.05 Å². The van der Waals surface area contributed by atoms with Crippen molar-refractivity contribution in [1.29, 1.82) is 0 Å². The first-order chi connectivity index (χ1) is 9.65. The van der Waals surface area contributed by atoms with Crippen LogP contribution in [0.2, 0.25) is 0 Å². The molecule has 0 unspecified atom stereocenters. The summed E-state index contributed by atoms with van der Waals surface area (Å²) in [6.45, 7) is 2.91. The molecule has 1 aromatic heterocycles. The van der Waals surface area contributed by atoms with Crippen LogP contribution >= 0.6 is 0 Å². The first kappa shape index (κ1) is 12.7. The highest BCUT2D eigenvalue weighted by Gasteiger charge is 2.14. The van der Waals surface area contributed by atoms with Gasteiger partial charge in [-0.1, -0.05) is 0 Å². The van der Waals surface area contributed by atoms with E-state index in [0.29, 0.717) is 5.56 Å². The van der Waals surface area contributed by atoms with Crippen LogP contribution in [0.25, 0.3) is 0 Å². The molecule has 0 spiro atoms. The zero-order chi connectivity index (χ0) is 14.1. The molecule has 0 saturated heterocycles. The lowest BCUT2D eigenvalue weighted by molar-refractivity contribution is 0.102. The van der Waals surface area contributed by atoms with Gasteiger partial charge in [-0.2, -0.15) is 5.10 Å². The zero-order valence-electron chi connectivity index (χ0n) is 11.7. The monoisotopic (exact) mass is 270 g/mol. The molecule has 2 aromatic rings. The Morgan fingerprint density at radius 1 is 1.45 bits per heavy atom. The number of carbonyl (C=O) groups is 1. The topological polar surface area (TPSA) is 59.0 Å². The highest BCUT2D eigenvalue weighted by molar-refractivity contribution is 6.05. The third-order valence-electron chi connectivity index (χ3n) is 3.78. The molecule has 20 heavy (non-hydrogen) atoms. The first-order valence-electron chi connectivity index (χ1n) is 6.82. The average molecular weight is 270 g/mol. The number of rotatable bonds is 2. The fourth-order valence-corrected chi connectivity index (χ4v) is 2.47. The van der Waals surface area contributed by atoms with Gasteiger partial charge in [-0.15, -0.1) is 0 Å². The number of nitrogens with one attached hydrogen (secondary N) is 2. The number of carbonyl (C=O) groups excluding carboxylic acids is 1. The Labute approximate surface area is 118 Å². The summed E-state index contributed by atoms with van der Waals surface area (Å²) < 4.78 is 1.70. The summed E-state index contributed by atoms with van der Waals surface area (Å²) in [5, 5.41) is 10.4. The maximum absolute atomic E-state index is 12.2. The number of hydrogen-bond donors (Lipinski definition) is 2. The predicted molar refractivity (Wildman–Crippen MR) is 79.2 cm³/mol. The van der Waals surface area contributed by atoms with E-state index in [9.17, 15) is 4.79 Å². The Balaban J connectivity index is 1.81. The van der Waals surface area contributed by atoms with Crippen LogP contribution in [0.15, 0.2) is 24.4 Å². The van der Waals surface area contributed by atoms with Crippen LogP contribution in [-0.2, 0) is 13.5 Å². The summed E-state index contributed by atoms with van der Waals surface area (Å²) in [6.07, 6.45) is 3.79. The van der Waals surface area contributed by atoms with Gasteiger partial charge in [0.15, 0.2) is 0 Å². The molecule has 1 aromatic carbocycles. The van der Waals surface area contributed by atoms with Crippen molar-refractivity contribution in [3.8, 4) is 0 Å². The number of aryl methyl sites for hydroxylation is 2. The first-order valence-corrected chi connectivity index (χ1v) is 6.82. The molecular formula is C15H18N4O. The smallest absolute Gasteiger partial charge is 0.259 e. The number of amides is 1. The third kappa shape index (κ3) is 2.27. The van der Waals surface area contributed by atoms with E-state index in [1.54, 1.807) is 10.9 Å². The fourth-order valence-electron chi connectivity index (χ4n) is 2.47. The van der Waals surface area contributed by atoms with Crippen molar-refractivity contribution in [2.45, 2.75) is 19.8 Å². The number of benzene rings is 1. The van der Waals surface area contributed by atoms with Gasteiger partial charge in [0.25, 0.3) is 5.91 Å². The number of aromatic nitrogens is 2. The molecule has 0 atom stereocenters. The Morgan fingerprint density at radius 2 is 2.30 bits per heavy atom. The summed E-state index contributed by atoms with van der Waals surface area (Å²) in [5.41, 5.74) is 4.75. The van der Waals surface area contributed by atoms with Crippen LogP contribution in [0.3, 0.4) is 0 Å². The van der Waals surface area contributed by atoms with E-state index in [2.05, 4.69) is 15.7 Å². The van der Waals surface area contributed by atoms with Crippen LogP contribution in [0.4, 0.5) is 11.4 Å². The van der Waals surface area contributed by atoms with Gasteiger partial charge >= 0.3 is 0 Å². The molecule has 1 amide bonds. The predicted octanol–water partition coefficient (Wildman–Crippen LogP) is 2.34. The quantitative estimate of drug-likeness (QED) is 0.880. The average Bonchev–Trinajstić information content (AvgIpc) is 2.79. The molecule has 5 heteroatoms. The standard InChI is InChI=1S/C15H18N4O/c1-10-13(9-17-19(10)2)15(20)18-12-5-6-14-11(8-12)4-3-7-16-14/h5-6,8-9,16H,3-4,7H2,1-2H3,(H,18,20). The van der Waals surface area contributed by atoms with Crippen LogP contribution in [0, 0.1) is 6.92 Å². The van der Waals surface area contributed by atoms with E-state index in [-0.39, 0.29) is 5.91 Å². The second-order valence-corrected chi connectivity index (χ2v) is 5.12. The van der Waals surface area contributed by atoms with Crippen LogP contribution in [0.5, 0.6) is 0 Å². The fraction of sp³-hybridized carbons (Fsp3) is 0.333. The van der Waals surface area contributed by atoms with E-state index in [1.807, 2.05) is 32.2 Å². The summed E-state index contributed by atoms with van der Waals surface area (Å²) in [4.78, 5) is 12.2. The summed E-state index contributed by atoms with van der Waals surface area (Å²) in [6, 6.07) is 6.01. The van der Waals surface area contributed by atoms with Crippen molar-refractivity contribution in [1.82, 2.24) is 9.78 Å². The van der Waals surface area contributed by atoms with E-state index in [4.69, 9.17) is 0 Å². The molecule has 0 radical (unpaired) electrons. The minimum Gasteiger partial charge on any atom is -0.385 e. The minimum absolute atomic E-state index is 0.112. The van der Waals surface area contributed by atoms with Gasteiger partial charge in [-0.25, -0.2) is 0 Å². The van der Waals surface area contributed by atoms with Gasteiger partial charge in [0.05, 0.1) is 11.8 Å². The van der Waals surface area contributed by atoms with Crippen molar-refractivity contribution in [3.63, 3.8) is 0 Å². The summed E-state index contributed by atoms with van der Waals surface area (Å²) in [5.74, 6) is -0.112. The Hall–Kier alpha value is -2.30. The summed E-state index contributed by atoms with van der Waals surface area (Å²) in [7, 11) is 1.83. The molecule has 104 valence electrons. The number of hydrogen-bond acceptors (Lipinski definition) is 3. The zero-order valence-corrected chi connectivity index (χ0v) is 11.7. The van der Waals surface area contributed by atoms with E-state index >= 15 is 0 Å². The van der Waals surface area contributed by atoms with Crippen molar-refractivity contribution in [3.05, 3.63) is 41.2 Å². The van der Waals surface area contributed by atoms with Crippen molar-refractivity contribution in [2.75, 3.05) is 17.2 Å². The molecule has 1 aliphatic rings. The molecule has 2 heterocycles. The molecule has 2 N–H and O–H groups in total. The molecule has 0 aliphatic carbocycles. The normalized spacial score (nSPS) is 13.5. The van der Waals surface area contributed by atoms with Crippen molar-refractivity contribution < 1.29 is 4.79 Å². The largest absolute Gasteiger partial charge is 0.385 e. The highest BCUT2D eigenvalue weighted by Crippen LogP contribution is 2.25. The van der Waals surface area contributed by atoms with Gasteiger partial charge in [0.1, 0.15) is 0 Å². The molecule has 5 nitrogen and oxygen atoms in total. The van der Waals surface area contributed by atoms with Gasteiger partial charge in [0, 0.05) is 30.7 Å². The van der Waals surface area contributed by atoms with Crippen molar-refractivity contribution >= 4 is 17.3 Å². The Bertz CT molecular complexity index is 660. The summed E-state index contributed by atoms with van der Waals surface area (Å²) >= 11 is 0. The molecule has 3 rings (SSSR count). The molecular weight excluding hydrogens is 252 g/mol. The highest BCUT2D eigenvalue weighted by atomic mass is 16.1. The Morgan fingerprint density at radius 3 is 3.05 bits per heavy atom. The third-order valence-corrected chi connectivity index (χ3v) is 3.78. The van der Waals surface area contributed by atoms with E-state index < -0.39 is 0 Å². The second kappa shape index (κ2) is 5.00. The van der Waals surface area contributed by atoms with Crippen LogP contribution in [-0.4, -0.2) is 22.2 Å². The number of anilines is 2. The van der Waals surface area contributed by atoms with Crippen LogP contribution < -0.4 is 10.6 Å². The van der Waals surface area contributed by atoms with Gasteiger partial charge in [0.2, 0.25) is 0 Å². The van der Waals surface area contributed by atoms with E-state index in [1.165, 1.54) is 11.3 Å². The van der Waals surface area contributed by atoms with Gasteiger partial charge in [-0.3, -0.25) is 9.48 Å². The molecule has 1 aliphatic heterocycles. The minimum atomic E-state index is -0.112. The maximum atomic E-state index is 12.2. The van der Waals surface area contributed by atoms with E-state index in [0.717, 1.165) is 30.8 Å². The maximum Gasteiger partial charge on any atom is 0.259 e. The van der Waals surface area contributed by atoms with Gasteiger partial charge in [-0.05, 0) is 43.5 Å². The lowest BCUT2D eigenvalue weighted by atomic mass is 10.0. The number of nitrogens with zero attached hydrogens (tertiary/aromatic N) is 2. The lowest BCUT2D eigenvalue weighted by Gasteiger charge is -2.18. The molecule has 0 saturated carbocycles. The van der Waals surface area contributed by atoms with Gasteiger partial charge < -0.3 is 10.6 Å².